The summed E-state index contributed by atoms with van der Waals surface area (Å²) in [6.45, 7) is 0. The fraction of sp³-hybridized carbons (Fsp3) is 0.667. The first-order chi connectivity index (χ1) is 5.04. The number of hydrogen-bond donors (Lipinski definition) is 1. The van der Waals surface area contributed by atoms with E-state index in [1.807, 2.05) is 0 Å². The Morgan fingerprint density at radius 3 is 2.27 bits per heavy atom. The molecule has 0 aromatic heterocycles. The number of hydrogen-bond acceptors (Lipinski definition) is 3. The molecule has 1 atom stereocenters. The van der Waals surface area contributed by atoms with Crippen molar-refractivity contribution in [3.05, 3.63) is 0 Å². The van der Waals surface area contributed by atoms with Crippen molar-refractivity contribution in [2.45, 2.75) is 24.8 Å². The fourth-order valence-electron chi connectivity index (χ4n) is 0.521. The van der Waals surface area contributed by atoms with Gasteiger partial charge in [-0.15, -0.1) is 0 Å². The van der Waals surface area contributed by atoms with E-state index >= 15 is 0 Å². The lowest BCUT2D eigenvalue weighted by Crippen LogP contribution is -2.12. The van der Waals surface area contributed by atoms with Crippen LogP contribution in [0.15, 0.2) is 0 Å². The molecule has 1 unspecified atom stereocenters. The van der Waals surface area contributed by atoms with E-state index in [4.69, 9.17) is 28.3 Å². The number of alkyl halides is 1. The van der Waals surface area contributed by atoms with Crippen molar-refractivity contribution < 1.29 is 14.7 Å². The van der Waals surface area contributed by atoms with Gasteiger partial charge in [-0.05, 0) is 18.0 Å². The summed E-state index contributed by atoms with van der Waals surface area (Å²) in [6, 6.07) is 0. The van der Waals surface area contributed by atoms with E-state index in [1.54, 1.807) is 0 Å². The van der Waals surface area contributed by atoms with Gasteiger partial charge in [-0.3, -0.25) is 9.59 Å². The Labute approximate surface area is 74.3 Å². The van der Waals surface area contributed by atoms with Gasteiger partial charge in [0.1, 0.15) is 0 Å². The normalized spacial score (nSPS) is 12.6. The molecular weight excluding hydrogens is 191 g/mol. The number of Topliss-reactive ketones (excluding diaryl/α,β-unsaturated/α-hetero) is 1. The van der Waals surface area contributed by atoms with E-state index in [0.717, 1.165) is 0 Å². The number of aliphatic hydroxyl groups is 1. The van der Waals surface area contributed by atoms with Crippen LogP contribution in [0.1, 0.15) is 19.3 Å². The molecule has 11 heavy (non-hydrogen) atoms. The highest BCUT2D eigenvalue weighted by molar-refractivity contribution is 6.63. The largest absolute Gasteiger partial charge is 0.371 e. The van der Waals surface area contributed by atoms with Gasteiger partial charge in [-0.25, -0.2) is 0 Å². The molecule has 5 heteroatoms. The Hall–Kier alpha value is -0.120. The third-order valence-corrected chi connectivity index (χ3v) is 1.49. The molecule has 1 N–H and O–H groups in total. The maximum absolute atomic E-state index is 10.6. The van der Waals surface area contributed by atoms with Crippen LogP contribution >= 0.6 is 23.2 Å². The number of carbonyl (C=O) groups is 2. The third kappa shape index (κ3) is 6.28. The first-order valence-corrected chi connectivity index (χ1v) is 3.88. The van der Waals surface area contributed by atoms with E-state index in [1.165, 1.54) is 0 Å². The van der Waals surface area contributed by atoms with Gasteiger partial charge in [0.05, 0.1) is 0 Å². The predicted octanol–water partition coefficient (Wildman–Crippen LogP) is 1.05. The van der Waals surface area contributed by atoms with E-state index in [-0.39, 0.29) is 12.8 Å². The Balaban J connectivity index is 3.39. The van der Waals surface area contributed by atoms with Crippen LogP contribution in [0, 0.1) is 0 Å². The number of rotatable bonds is 5. The summed E-state index contributed by atoms with van der Waals surface area (Å²) >= 11 is 10.0. The second-order valence-corrected chi connectivity index (χ2v) is 2.85. The smallest absolute Gasteiger partial charge is 0.221 e. The van der Waals surface area contributed by atoms with Gasteiger partial charge in [0.25, 0.3) is 0 Å². The van der Waals surface area contributed by atoms with Crippen LogP contribution in [-0.4, -0.2) is 21.7 Å². The van der Waals surface area contributed by atoms with Gasteiger partial charge in [-0.2, -0.15) is 0 Å². The lowest BCUT2D eigenvalue weighted by molar-refractivity contribution is -0.123. The van der Waals surface area contributed by atoms with Crippen molar-refractivity contribution in [1.29, 1.82) is 0 Å². The molecule has 0 aromatic carbocycles. The topological polar surface area (TPSA) is 54.4 Å². The fourth-order valence-corrected chi connectivity index (χ4v) is 0.763. The van der Waals surface area contributed by atoms with Crippen molar-refractivity contribution in [2.24, 2.45) is 0 Å². The van der Waals surface area contributed by atoms with Gasteiger partial charge in [-0.1, -0.05) is 11.6 Å². The predicted molar refractivity (Wildman–Crippen MR) is 41.6 cm³/mol. The zero-order chi connectivity index (χ0) is 8.85. The van der Waals surface area contributed by atoms with Crippen LogP contribution in [-0.2, 0) is 9.59 Å². The molecular formula is C6H8Cl2O3. The monoisotopic (exact) mass is 198 g/mol. The summed E-state index contributed by atoms with van der Waals surface area (Å²) in [5.41, 5.74) is -1.46. The Bertz CT molecular complexity index is 156. The molecule has 0 aliphatic carbocycles. The van der Waals surface area contributed by atoms with Crippen LogP contribution in [0.2, 0.25) is 0 Å². The number of halogens is 2. The van der Waals surface area contributed by atoms with Crippen molar-refractivity contribution >= 4 is 34.2 Å². The van der Waals surface area contributed by atoms with Gasteiger partial charge >= 0.3 is 0 Å². The third-order valence-electron chi connectivity index (χ3n) is 1.06. The van der Waals surface area contributed by atoms with Gasteiger partial charge < -0.3 is 5.11 Å². The highest BCUT2D eigenvalue weighted by Gasteiger charge is 2.10. The molecule has 0 fully saturated rings. The maximum Gasteiger partial charge on any atom is 0.221 e. The highest BCUT2D eigenvalue weighted by atomic mass is 35.5. The molecule has 0 aliphatic rings. The van der Waals surface area contributed by atoms with Crippen LogP contribution in [0.5, 0.6) is 0 Å². The summed E-state index contributed by atoms with van der Waals surface area (Å²) in [5.74, 6) is -0.482. The summed E-state index contributed by atoms with van der Waals surface area (Å²) in [6.07, 6.45) is 0.560. The Morgan fingerprint density at radius 2 is 1.91 bits per heavy atom. The van der Waals surface area contributed by atoms with Crippen LogP contribution in [0.25, 0.3) is 0 Å². The second kappa shape index (κ2) is 5.52. The molecule has 0 heterocycles. The molecule has 0 spiro atoms. The summed E-state index contributed by atoms with van der Waals surface area (Å²) in [4.78, 5) is 20.7. The molecule has 0 saturated heterocycles. The summed E-state index contributed by atoms with van der Waals surface area (Å²) < 4.78 is 0. The van der Waals surface area contributed by atoms with E-state index in [0.29, 0.717) is 6.42 Å². The molecule has 0 rings (SSSR count). The molecule has 0 saturated carbocycles. The Morgan fingerprint density at radius 1 is 1.36 bits per heavy atom. The lowest BCUT2D eigenvalue weighted by Gasteiger charge is -1.98. The minimum Gasteiger partial charge on any atom is -0.371 e. The summed E-state index contributed by atoms with van der Waals surface area (Å²) in [5, 5.41) is 8.00. The quantitative estimate of drug-likeness (QED) is 0.531. The van der Waals surface area contributed by atoms with Gasteiger partial charge in [0.15, 0.2) is 11.3 Å². The van der Waals surface area contributed by atoms with Crippen LogP contribution in [0.4, 0.5) is 0 Å². The first-order valence-electron chi connectivity index (χ1n) is 3.07. The number of carbonyl (C=O) groups excluding carboxylic acids is 2. The van der Waals surface area contributed by atoms with Crippen LogP contribution < -0.4 is 0 Å². The van der Waals surface area contributed by atoms with E-state index in [2.05, 4.69) is 0 Å². The molecule has 0 bridgehead atoms. The van der Waals surface area contributed by atoms with Crippen molar-refractivity contribution in [1.82, 2.24) is 0 Å². The molecule has 0 radical (unpaired) electrons. The zero-order valence-corrected chi connectivity index (χ0v) is 7.23. The number of ketones is 1. The minimum atomic E-state index is -1.46. The molecule has 0 amide bonds. The maximum atomic E-state index is 10.6. The van der Waals surface area contributed by atoms with E-state index in [9.17, 15) is 9.59 Å². The van der Waals surface area contributed by atoms with Gasteiger partial charge in [0.2, 0.25) is 5.24 Å². The van der Waals surface area contributed by atoms with Crippen molar-refractivity contribution in [3.63, 3.8) is 0 Å². The second-order valence-electron chi connectivity index (χ2n) is 2.01. The van der Waals surface area contributed by atoms with Gasteiger partial charge in [0, 0.05) is 12.8 Å². The standard InChI is InChI=1S/C6H8Cl2O3/c7-5(10)3-1-2-4(9)6(8)11/h6,11H,1-3H2. The highest BCUT2D eigenvalue weighted by Crippen LogP contribution is 2.03. The summed E-state index contributed by atoms with van der Waals surface area (Å²) in [7, 11) is 0. The molecule has 3 nitrogen and oxygen atoms in total. The SMILES string of the molecule is O=C(Cl)CCCC(=O)C(O)Cl. The van der Waals surface area contributed by atoms with Crippen molar-refractivity contribution in [2.75, 3.05) is 0 Å². The average Bonchev–Trinajstić information content (AvgIpc) is 1.86. The average molecular weight is 199 g/mol. The zero-order valence-electron chi connectivity index (χ0n) is 5.72. The minimum absolute atomic E-state index is 0.0864. The molecule has 0 aliphatic heterocycles. The lowest BCUT2D eigenvalue weighted by atomic mass is 10.2. The molecule has 0 aromatic rings. The van der Waals surface area contributed by atoms with Crippen LogP contribution in [0.3, 0.4) is 0 Å². The Kier molecular flexibility index (Phi) is 5.46. The van der Waals surface area contributed by atoms with Crippen molar-refractivity contribution in [3.8, 4) is 0 Å². The van der Waals surface area contributed by atoms with E-state index < -0.39 is 16.6 Å². The number of aliphatic hydroxyl groups excluding tert-OH is 1. The molecule has 64 valence electrons. The first kappa shape index (κ1) is 10.9.